The molecule has 0 radical (unpaired) electrons. The number of thiophene rings is 1. The first-order valence-corrected chi connectivity index (χ1v) is 10.9. The van der Waals surface area contributed by atoms with Crippen molar-refractivity contribution in [2.75, 3.05) is 45.8 Å². The summed E-state index contributed by atoms with van der Waals surface area (Å²) in [6.07, 6.45) is 2.41. The molecule has 1 aromatic heterocycles. The Morgan fingerprint density at radius 3 is 2.54 bits per heavy atom. The highest BCUT2D eigenvalue weighted by atomic mass is 35.5. The van der Waals surface area contributed by atoms with Gasteiger partial charge >= 0.3 is 0 Å². The van der Waals surface area contributed by atoms with Crippen LogP contribution in [0.15, 0.2) is 16.3 Å². The molecule has 0 saturated carbocycles. The lowest BCUT2D eigenvalue weighted by Gasteiger charge is -2.24. The topological polar surface area (TPSA) is 60.9 Å². The fraction of sp³-hybridized carbons (Fsp3) is 0.667. The summed E-state index contributed by atoms with van der Waals surface area (Å²) >= 11 is 6.97. The lowest BCUT2D eigenvalue weighted by molar-refractivity contribution is -0.127. The van der Waals surface area contributed by atoms with Gasteiger partial charge in [-0.1, -0.05) is 11.6 Å². The van der Waals surface area contributed by atoms with Gasteiger partial charge < -0.3 is 9.80 Å². The smallest absolute Gasteiger partial charge is 0.252 e. The van der Waals surface area contributed by atoms with Gasteiger partial charge in [0.25, 0.3) is 10.0 Å². The minimum absolute atomic E-state index is 0.239. The first-order valence-electron chi connectivity index (χ1n) is 8.22. The minimum Gasteiger partial charge on any atom is -0.341 e. The molecule has 3 rings (SSSR count). The van der Waals surface area contributed by atoms with Gasteiger partial charge in [0.2, 0.25) is 5.91 Å². The molecule has 2 saturated heterocycles. The fourth-order valence-corrected chi connectivity index (χ4v) is 6.28. The van der Waals surface area contributed by atoms with Crippen LogP contribution in [-0.4, -0.2) is 74.2 Å². The van der Waals surface area contributed by atoms with Crippen molar-refractivity contribution in [3.8, 4) is 0 Å². The third kappa shape index (κ3) is 4.11. The summed E-state index contributed by atoms with van der Waals surface area (Å²) in [6, 6.07) is 3.19. The molecular weight excluding hydrogens is 370 g/mol. The van der Waals surface area contributed by atoms with E-state index >= 15 is 0 Å². The molecule has 2 aliphatic rings. The number of likely N-dealkylation sites (tertiary alicyclic amines) is 1. The fourth-order valence-electron chi connectivity index (χ4n) is 3.18. The molecule has 2 aliphatic heterocycles. The number of nitrogens with zero attached hydrogens (tertiary/aromatic N) is 3. The van der Waals surface area contributed by atoms with E-state index in [2.05, 4.69) is 4.90 Å². The molecule has 0 atom stereocenters. The lowest BCUT2D eigenvalue weighted by atomic mass is 10.4. The monoisotopic (exact) mass is 391 g/mol. The largest absolute Gasteiger partial charge is 0.341 e. The van der Waals surface area contributed by atoms with Crippen molar-refractivity contribution < 1.29 is 13.2 Å². The van der Waals surface area contributed by atoms with Crippen molar-refractivity contribution in [2.24, 2.45) is 0 Å². The van der Waals surface area contributed by atoms with E-state index in [9.17, 15) is 13.2 Å². The molecule has 6 nitrogen and oxygen atoms in total. The molecule has 3 heterocycles. The number of hydrogen-bond acceptors (Lipinski definition) is 5. The van der Waals surface area contributed by atoms with Crippen LogP contribution in [0.3, 0.4) is 0 Å². The maximum Gasteiger partial charge on any atom is 0.252 e. The second-order valence-corrected chi connectivity index (χ2v) is 10.0. The molecule has 0 aliphatic carbocycles. The zero-order valence-electron chi connectivity index (χ0n) is 13.5. The first-order chi connectivity index (χ1) is 11.5. The molecule has 134 valence electrons. The van der Waals surface area contributed by atoms with E-state index in [1.54, 1.807) is 16.4 Å². The molecule has 0 N–H and O–H groups in total. The van der Waals surface area contributed by atoms with Gasteiger partial charge in [0.1, 0.15) is 4.21 Å². The molecule has 0 spiro atoms. The van der Waals surface area contributed by atoms with Crippen molar-refractivity contribution in [3.63, 3.8) is 0 Å². The standard InChI is InChI=1S/C15H22ClN3O3S2/c16-13-4-5-15(23-13)24(21,22)19-8-2-6-17(10-12-19)9-11-18-7-1-3-14(18)20/h4-5H,1-3,6-12H2. The van der Waals surface area contributed by atoms with Crippen LogP contribution in [0.1, 0.15) is 19.3 Å². The predicted octanol–water partition coefficient (Wildman–Crippen LogP) is 1.72. The summed E-state index contributed by atoms with van der Waals surface area (Å²) in [4.78, 5) is 15.8. The maximum absolute atomic E-state index is 12.7. The van der Waals surface area contributed by atoms with Crippen LogP contribution in [-0.2, 0) is 14.8 Å². The number of carbonyl (C=O) groups excluding carboxylic acids is 1. The van der Waals surface area contributed by atoms with Gasteiger partial charge in [-0.25, -0.2) is 8.42 Å². The van der Waals surface area contributed by atoms with Gasteiger partial charge in [0.05, 0.1) is 4.34 Å². The number of halogens is 1. The quantitative estimate of drug-likeness (QED) is 0.766. The molecular formula is C15H22ClN3O3S2. The average molecular weight is 392 g/mol. The summed E-state index contributed by atoms with van der Waals surface area (Å²) in [5, 5.41) is 0. The minimum atomic E-state index is -3.45. The van der Waals surface area contributed by atoms with E-state index in [0.717, 1.165) is 50.4 Å². The van der Waals surface area contributed by atoms with Crippen LogP contribution in [0.25, 0.3) is 0 Å². The Morgan fingerprint density at radius 2 is 1.88 bits per heavy atom. The highest BCUT2D eigenvalue weighted by Gasteiger charge is 2.28. The average Bonchev–Trinajstić information content (AvgIpc) is 3.07. The first kappa shape index (κ1) is 18.1. The summed E-state index contributed by atoms with van der Waals surface area (Å²) in [6.45, 7) is 4.96. The van der Waals surface area contributed by atoms with Gasteiger partial charge in [0.15, 0.2) is 0 Å². The number of sulfonamides is 1. The van der Waals surface area contributed by atoms with Crippen molar-refractivity contribution >= 4 is 38.9 Å². The third-order valence-corrected chi connectivity index (χ3v) is 8.14. The highest BCUT2D eigenvalue weighted by Crippen LogP contribution is 2.28. The lowest BCUT2D eigenvalue weighted by Crippen LogP contribution is -2.38. The predicted molar refractivity (Wildman–Crippen MR) is 95.0 cm³/mol. The Labute approximate surface area is 152 Å². The highest BCUT2D eigenvalue weighted by molar-refractivity contribution is 7.91. The third-order valence-electron chi connectivity index (χ3n) is 4.55. The van der Waals surface area contributed by atoms with Gasteiger partial charge in [-0.3, -0.25) is 4.79 Å². The van der Waals surface area contributed by atoms with E-state index in [1.165, 1.54) is 0 Å². The molecule has 1 aromatic rings. The van der Waals surface area contributed by atoms with Gasteiger partial charge in [-0.15, -0.1) is 11.3 Å². The number of carbonyl (C=O) groups is 1. The van der Waals surface area contributed by atoms with Gasteiger partial charge in [-0.05, 0) is 31.5 Å². The Balaban J connectivity index is 1.56. The Bertz CT molecular complexity index is 692. The number of amides is 1. The number of rotatable bonds is 5. The van der Waals surface area contributed by atoms with Crippen molar-refractivity contribution in [3.05, 3.63) is 16.5 Å². The molecule has 0 unspecified atom stereocenters. The van der Waals surface area contributed by atoms with Crippen molar-refractivity contribution in [2.45, 2.75) is 23.5 Å². The van der Waals surface area contributed by atoms with E-state index in [0.29, 0.717) is 34.6 Å². The van der Waals surface area contributed by atoms with Gasteiger partial charge in [0, 0.05) is 45.7 Å². The van der Waals surface area contributed by atoms with Crippen LogP contribution in [0.5, 0.6) is 0 Å². The second kappa shape index (κ2) is 7.70. The van der Waals surface area contributed by atoms with Crippen LogP contribution >= 0.6 is 22.9 Å². The zero-order chi connectivity index (χ0) is 17.2. The zero-order valence-corrected chi connectivity index (χ0v) is 15.9. The van der Waals surface area contributed by atoms with Crippen LogP contribution in [0.4, 0.5) is 0 Å². The molecule has 0 bridgehead atoms. The summed E-state index contributed by atoms with van der Waals surface area (Å²) in [7, 11) is -3.45. The Kier molecular flexibility index (Phi) is 5.82. The second-order valence-electron chi connectivity index (χ2n) is 6.14. The molecule has 0 aromatic carbocycles. The Hall–Kier alpha value is -0.670. The summed E-state index contributed by atoms with van der Waals surface area (Å²) in [5.41, 5.74) is 0. The normalized spacial score (nSPS) is 21.4. The number of hydrogen-bond donors (Lipinski definition) is 0. The molecule has 9 heteroatoms. The van der Waals surface area contributed by atoms with Crippen LogP contribution in [0.2, 0.25) is 4.34 Å². The SMILES string of the molecule is O=C1CCCN1CCN1CCCN(S(=O)(=O)c2ccc(Cl)s2)CC1. The van der Waals surface area contributed by atoms with Crippen molar-refractivity contribution in [1.82, 2.24) is 14.1 Å². The van der Waals surface area contributed by atoms with E-state index in [4.69, 9.17) is 11.6 Å². The summed E-state index contributed by atoms with van der Waals surface area (Å²) in [5.74, 6) is 0.239. The Morgan fingerprint density at radius 1 is 1.04 bits per heavy atom. The van der Waals surface area contributed by atoms with Crippen LogP contribution in [0, 0.1) is 0 Å². The van der Waals surface area contributed by atoms with E-state index in [-0.39, 0.29) is 5.91 Å². The van der Waals surface area contributed by atoms with Crippen LogP contribution < -0.4 is 0 Å². The van der Waals surface area contributed by atoms with E-state index in [1.807, 2.05) is 4.90 Å². The molecule has 1 amide bonds. The van der Waals surface area contributed by atoms with E-state index < -0.39 is 10.0 Å². The van der Waals surface area contributed by atoms with Crippen molar-refractivity contribution in [1.29, 1.82) is 0 Å². The van der Waals surface area contributed by atoms with Gasteiger partial charge in [-0.2, -0.15) is 4.31 Å². The molecule has 24 heavy (non-hydrogen) atoms. The summed E-state index contributed by atoms with van der Waals surface area (Å²) < 4.78 is 27.7. The maximum atomic E-state index is 12.7. The molecule has 2 fully saturated rings.